The number of aromatic nitrogens is 3. The van der Waals surface area contributed by atoms with Crippen molar-refractivity contribution in [1.29, 1.82) is 0 Å². The van der Waals surface area contributed by atoms with Crippen molar-refractivity contribution in [3.8, 4) is 0 Å². The highest BCUT2D eigenvalue weighted by Gasteiger charge is 2.40. The third kappa shape index (κ3) is 6.99. The second-order valence-electron chi connectivity index (χ2n) is 9.53. The SMILES string of the molecule is CO[SH](=O)=Nc1n[nH]c(=O)n1[C@@H]1CC[C@@](CO[C@H](C)c2cc(C(F)(F)F)cc(C(F)(F)F)c2)(c2ccccc2)NC1. The zero-order valence-corrected chi connectivity index (χ0v) is 22.7. The van der Waals surface area contributed by atoms with Crippen LogP contribution in [0.25, 0.3) is 0 Å². The number of hydrogen-bond acceptors (Lipinski definition) is 7. The van der Waals surface area contributed by atoms with E-state index in [0.717, 1.165) is 5.56 Å². The summed E-state index contributed by atoms with van der Waals surface area (Å²) in [6.07, 6.45) is -10.3. The van der Waals surface area contributed by atoms with Crippen LogP contribution in [0.15, 0.2) is 57.7 Å². The summed E-state index contributed by atoms with van der Waals surface area (Å²) in [5.74, 6) is -0.105. The zero-order valence-electron chi connectivity index (χ0n) is 21.8. The van der Waals surface area contributed by atoms with Crippen molar-refractivity contribution in [2.45, 2.75) is 49.8 Å². The van der Waals surface area contributed by atoms with Crippen molar-refractivity contribution in [3.63, 3.8) is 0 Å². The van der Waals surface area contributed by atoms with Crippen molar-refractivity contribution in [3.05, 3.63) is 81.3 Å². The average molecular weight is 608 g/mol. The number of nitrogens with one attached hydrogen (secondary N) is 2. The van der Waals surface area contributed by atoms with Gasteiger partial charge >= 0.3 is 18.0 Å². The number of aromatic amines is 1. The number of alkyl halides is 6. The van der Waals surface area contributed by atoms with E-state index in [1.807, 2.05) is 12.1 Å². The van der Waals surface area contributed by atoms with Gasteiger partial charge in [-0.2, -0.15) is 26.3 Å². The van der Waals surface area contributed by atoms with Gasteiger partial charge in [0.2, 0.25) is 0 Å². The molecule has 2 aromatic carbocycles. The first-order valence-electron chi connectivity index (χ1n) is 12.3. The van der Waals surface area contributed by atoms with Crippen LogP contribution in [0.3, 0.4) is 0 Å². The summed E-state index contributed by atoms with van der Waals surface area (Å²) in [5, 5.41) is 9.42. The fourth-order valence-electron chi connectivity index (χ4n) is 4.73. The zero-order chi connectivity index (χ0) is 30.0. The number of nitrogens with zero attached hydrogens (tertiary/aromatic N) is 3. The molecule has 4 atom stereocenters. The molecule has 1 saturated heterocycles. The molecule has 9 nitrogen and oxygen atoms in total. The summed E-state index contributed by atoms with van der Waals surface area (Å²) < 4.78 is 108. The first-order chi connectivity index (χ1) is 19.2. The highest BCUT2D eigenvalue weighted by atomic mass is 32.2. The van der Waals surface area contributed by atoms with Crippen LogP contribution < -0.4 is 11.0 Å². The summed E-state index contributed by atoms with van der Waals surface area (Å²) in [4.78, 5) is 12.4. The normalized spacial score (nSPS) is 21.6. The first-order valence-corrected chi connectivity index (χ1v) is 13.5. The van der Waals surface area contributed by atoms with E-state index in [1.54, 1.807) is 18.2 Å². The van der Waals surface area contributed by atoms with Gasteiger partial charge in [-0.15, -0.1) is 9.46 Å². The number of hydrogen-bond donors (Lipinski definition) is 3. The Morgan fingerprint density at radius 3 is 2.29 bits per heavy atom. The van der Waals surface area contributed by atoms with Gasteiger partial charge in [0.05, 0.1) is 42.5 Å². The van der Waals surface area contributed by atoms with Crippen LogP contribution in [0.5, 0.6) is 0 Å². The Morgan fingerprint density at radius 1 is 1.12 bits per heavy atom. The molecule has 2 N–H and O–H groups in total. The van der Waals surface area contributed by atoms with Crippen molar-refractivity contribution in [2.75, 3.05) is 20.3 Å². The van der Waals surface area contributed by atoms with E-state index in [-0.39, 0.29) is 30.7 Å². The molecular formula is C25H27F6N5O4S. The molecule has 1 aromatic heterocycles. The Kier molecular flexibility index (Phi) is 8.96. The molecule has 1 aliphatic rings. The van der Waals surface area contributed by atoms with E-state index in [4.69, 9.17) is 4.74 Å². The molecule has 0 amide bonds. The van der Waals surface area contributed by atoms with Crippen LogP contribution >= 0.6 is 0 Å². The Bertz CT molecular complexity index is 1460. The van der Waals surface area contributed by atoms with E-state index < -0.39 is 57.7 Å². The number of thiol groups is 1. The summed E-state index contributed by atoms with van der Waals surface area (Å²) in [6.45, 7) is 1.48. The summed E-state index contributed by atoms with van der Waals surface area (Å²) in [7, 11) is -1.24. The van der Waals surface area contributed by atoms with Crippen LogP contribution in [0, 0.1) is 0 Å². The molecule has 3 aromatic rings. The van der Waals surface area contributed by atoms with Crippen molar-refractivity contribution < 1.29 is 39.5 Å². The van der Waals surface area contributed by atoms with E-state index in [0.29, 0.717) is 25.0 Å². The van der Waals surface area contributed by atoms with E-state index in [2.05, 4.69) is 24.1 Å². The lowest BCUT2D eigenvalue weighted by atomic mass is 9.81. The van der Waals surface area contributed by atoms with Gasteiger partial charge in [0, 0.05) is 6.54 Å². The topological polar surface area (TPSA) is 111 Å². The number of ether oxygens (including phenoxy) is 1. The lowest BCUT2D eigenvalue weighted by molar-refractivity contribution is -0.143. The minimum atomic E-state index is -4.98. The Balaban J connectivity index is 1.60. The van der Waals surface area contributed by atoms with Gasteiger partial charge in [-0.3, -0.25) is 8.75 Å². The molecule has 0 spiro atoms. The molecule has 0 bridgehead atoms. The minimum absolute atomic E-state index is 0.0751. The Labute approximate surface area is 232 Å². The Hall–Kier alpha value is -3.21. The van der Waals surface area contributed by atoms with E-state index in [9.17, 15) is 35.3 Å². The molecule has 0 aliphatic carbocycles. The molecular weight excluding hydrogens is 580 g/mol. The molecule has 224 valence electrons. The van der Waals surface area contributed by atoms with Gasteiger partial charge in [0.15, 0.2) is 10.9 Å². The van der Waals surface area contributed by atoms with Crippen molar-refractivity contribution in [1.82, 2.24) is 20.1 Å². The highest BCUT2D eigenvalue weighted by molar-refractivity contribution is 7.69. The van der Waals surface area contributed by atoms with Gasteiger partial charge in [-0.05, 0) is 49.1 Å². The number of halogens is 6. The maximum atomic E-state index is 13.4. The van der Waals surface area contributed by atoms with Gasteiger partial charge in [-0.25, -0.2) is 14.1 Å². The molecule has 1 aliphatic heterocycles. The van der Waals surface area contributed by atoms with E-state index in [1.165, 1.54) is 18.6 Å². The third-order valence-corrected chi connectivity index (χ3v) is 7.60. The number of H-pyrrole nitrogens is 1. The second-order valence-corrected chi connectivity index (χ2v) is 10.6. The van der Waals surface area contributed by atoms with E-state index >= 15 is 0 Å². The molecule has 1 fully saturated rings. The summed E-state index contributed by atoms with van der Waals surface area (Å²) in [6, 6.07) is 9.93. The quantitative estimate of drug-likeness (QED) is 0.244. The predicted octanol–water partition coefficient (Wildman–Crippen LogP) is 5.06. The van der Waals surface area contributed by atoms with Crippen LogP contribution in [0.2, 0.25) is 0 Å². The van der Waals surface area contributed by atoms with Crippen LogP contribution in [-0.2, 0) is 37.7 Å². The third-order valence-electron chi connectivity index (χ3n) is 6.94. The molecule has 2 heterocycles. The first kappa shape index (κ1) is 30.7. The van der Waals surface area contributed by atoms with Gasteiger partial charge in [0.1, 0.15) is 0 Å². The summed E-state index contributed by atoms with van der Waals surface area (Å²) >= 11 is 0. The highest BCUT2D eigenvalue weighted by Crippen LogP contribution is 2.39. The predicted molar refractivity (Wildman–Crippen MR) is 137 cm³/mol. The fourth-order valence-corrected chi connectivity index (χ4v) is 5.10. The number of rotatable bonds is 8. The molecule has 41 heavy (non-hydrogen) atoms. The second kappa shape index (κ2) is 12.0. The molecule has 0 radical (unpaired) electrons. The number of benzene rings is 2. The van der Waals surface area contributed by atoms with Crippen LogP contribution in [0.1, 0.15) is 54.2 Å². The lowest BCUT2D eigenvalue weighted by Gasteiger charge is -2.42. The molecule has 1 unspecified atom stereocenters. The fraction of sp³-hybridized carbons (Fsp3) is 0.440. The Morgan fingerprint density at radius 2 is 1.76 bits per heavy atom. The van der Waals surface area contributed by atoms with Gasteiger partial charge in [0.25, 0.3) is 5.95 Å². The lowest BCUT2D eigenvalue weighted by Crippen LogP contribution is -2.53. The number of piperidine rings is 1. The maximum absolute atomic E-state index is 13.4. The van der Waals surface area contributed by atoms with Crippen LogP contribution in [0.4, 0.5) is 32.3 Å². The minimum Gasteiger partial charge on any atom is -0.372 e. The average Bonchev–Trinajstić information content (AvgIpc) is 3.30. The van der Waals surface area contributed by atoms with Gasteiger partial charge < -0.3 is 10.1 Å². The monoisotopic (exact) mass is 607 g/mol. The standard InChI is InChI=1S/C25H27F6N5O4S/c1-15(16-10-18(24(26,27)28)12-19(11-16)25(29,30)31)40-14-23(17-6-4-3-5-7-17)9-8-20(13-32-23)36-21(33-34-22(36)37)35-41(38)39-2/h3-7,10-12,15,20,32,41H,8-9,13-14H2,1-2H3,(H,34,37)/t15-,20-,23-/m1/s1. The molecule has 4 rings (SSSR count). The maximum Gasteiger partial charge on any atom is 0.416 e. The molecule has 0 saturated carbocycles. The van der Waals surface area contributed by atoms with Crippen LogP contribution in [-0.4, -0.2) is 39.2 Å². The largest absolute Gasteiger partial charge is 0.416 e. The summed E-state index contributed by atoms with van der Waals surface area (Å²) in [5.41, 5.74) is -3.79. The van der Waals surface area contributed by atoms with Crippen molar-refractivity contribution >= 4 is 16.8 Å². The van der Waals surface area contributed by atoms with Crippen molar-refractivity contribution in [2.24, 2.45) is 4.36 Å². The van der Waals surface area contributed by atoms with Gasteiger partial charge in [-0.1, -0.05) is 30.3 Å². The smallest absolute Gasteiger partial charge is 0.372 e. The molecule has 16 heteroatoms.